The Bertz CT molecular complexity index is 621. The molecule has 0 saturated heterocycles. The lowest BCUT2D eigenvalue weighted by Crippen LogP contribution is -2.02. The molecule has 90 valence electrons. The molecular weight excluding hydrogens is 291 g/mol. The second-order valence-corrected chi connectivity index (χ2v) is 5.69. The number of rotatable bonds is 3. The summed E-state index contributed by atoms with van der Waals surface area (Å²) in [5, 5.41) is 19.3. The van der Waals surface area contributed by atoms with E-state index in [0.717, 1.165) is 12.1 Å². The van der Waals surface area contributed by atoms with Crippen molar-refractivity contribution in [2.24, 2.45) is 0 Å². The molecular formula is C8H4Cl2N2O4S. The monoisotopic (exact) mass is 294 g/mol. The first-order chi connectivity index (χ1) is 7.81. The summed E-state index contributed by atoms with van der Waals surface area (Å²) in [6.07, 6.45) is 0. The number of nitriles is 1. The van der Waals surface area contributed by atoms with Crippen LogP contribution in [0.3, 0.4) is 0 Å². The zero-order valence-electron chi connectivity index (χ0n) is 8.05. The maximum atomic E-state index is 11.3. The van der Waals surface area contributed by atoms with Crippen LogP contribution in [0.1, 0.15) is 11.1 Å². The number of nitro benzene ring substituents is 1. The van der Waals surface area contributed by atoms with Crippen LogP contribution in [0.25, 0.3) is 0 Å². The number of hydrogen-bond acceptors (Lipinski definition) is 5. The summed E-state index contributed by atoms with van der Waals surface area (Å²) in [4.78, 5) is 9.34. The molecule has 0 aliphatic rings. The minimum absolute atomic E-state index is 0.0765. The minimum atomic E-state index is -4.19. The van der Waals surface area contributed by atoms with Gasteiger partial charge in [0.2, 0.25) is 0 Å². The molecule has 0 bridgehead atoms. The highest BCUT2D eigenvalue weighted by Crippen LogP contribution is 2.29. The zero-order valence-corrected chi connectivity index (χ0v) is 10.4. The molecule has 0 aromatic heterocycles. The van der Waals surface area contributed by atoms with Gasteiger partial charge in [0.1, 0.15) is 11.0 Å². The number of hydrogen-bond donors (Lipinski definition) is 0. The van der Waals surface area contributed by atoms with Crippen LogP contribution < -0.4 is 0 Å². The molecule has 0 heterocycles. The molecule has 0 radical (unpaired) electrons. The van der Waals surface area contributed by atoms with Gasteiger partial charge in [-0.15, -0.1) is 11.6 Å². The first-order valence-corrected chi connectivity index (χ1v) is 6.87. The lowest BCUT2D eigenvalue weighted by molar-refractivity contribution is -0.385. The quantitative estimate of drug-likeness (QED) is 0.368. The van der Waals surface area contributed by atoms with E-state index in [0.29, 0.717) is 0 Å². The number of benzene rings is 1. The van der Waals surface area contributed by atoms with Gasteiger partial charge in [-0.05, 0) is 5.56 Å². The van der Waals surface area contributed by atoms with Crippen molar-refractivity contribution >= 4 is 37.0 Å². The molecule has 0 saturated carbocycles. The summed E-state index contributed by atoms with van der Waals surface area (Å²) in [5.74, 6) is -0.308. The van der Waals surface area contributed by atoms with E-state index in [2.05, 4.69) is 0 Å². The van der Waals surface area contributed by atoms with E-state index in [4.69, 9.17) is 27.5 Å². The Morgan fingerprint density at radius 3 is 2.41 bits per heavy atom. The highest BCUT2D eigenvalue weighted by Gasteiger charge is 2.24. The molecule has 0 aliphatic carbocycles. The first kappa shape index (κ1) is 13.7. The van der Waals surface area contributed by atoms with Crippen LogP contribution >= 0.6 is 22.3 Å². The van der Waals surface area contributed by atoms with Gasteiger partial charge in [0.05, 0.1) is 10.5 Å². The maximum Gasteiger partial charge on any atom is 0.271 e. The number of halogens is 2. The van der Waals surface area contributed by atoms with E-state index in [1.165, 1.54) is 0 Å². The first-order valence-electron chi connectivity index (χ1n) is 4.03. The Morgan fingerprint density at radius 1 is 1.47 bits per heavy atom. The van der Waals surface area contributed by atoms with Gasteiger partial charge in [-0.3, -0.25) is 10.1 Å². The lowest BCUT2D eigenvalue weighted by atomic mass is 10.1. The standard InChI is InChI=1S/C8H4Cl2N2O4S/c9-3-5-1-7(12(13)14)2-6(4-11)8(5)17(10,15)16/h1-2H,3H2. The van der Waals surface area contributed by atoms with E-state index < -0.39 is 30.1 Å². The van der Waals surface area contributed by atoms with Gasteiger partial charge in [-0.2, -0.15) is 5.26 Å². The van der Waals surface area contributed by atoms with Crippen LogP contribution in [-0.2, 0) is 14.9 Å². The highest BCUT2D eigenvalue weighted by molar-refractivity contribution is 8.13. The number of nitro groups is 1. The van der Waals surface area contributed by atoms with Crippen LogP contribution in [-0.4, -0.2) is 13.3 Å². The van der Waals surface area contributed by atoms with E-state index in [-0.39, 0.29) is 11.4 Å². The molecule has 0 aliphatic heterocycles. The predicted molar refractivity (Wildman–Crippen MR) is 60.4 cm³/mol. The van der Waals surface area contributed by atoms with Gasteiger partial charge in [-0.1, -0.05) is 0 Å². The van der Waals surface area contributed by atoms with Crippen LogP contribution in [0.15, 0.2) is 17.0 Å². The summed E-state index contributed by atoms with van der Waals surface area (Å²) in [5.41, 5.74) is -0.890. The van der Waals surface area contributed by atoms with Crippen LogP contribution in [0, 0.1) is 21.4 Å². The molecule has 0 unspecified atom stereocenters. The van der Waals surface area contributed by atoms with Crippen molar-refractivity contribution in [2.45, 2.75) is 10.8 Å². The van der Waals surface area contributed by atoms with Crippen molar-refractivity contribution in [1.29, 1.82) is 5.26 Å². The van der Waals surface area contributed by atoms with E-state index in [9.17, 15) is 18.5 Å². The maximum absolute atomic E-state index is 11.3. The van der Waals surface area contributed by atoms with Crippen molar-refractivity contribution in [1.82, 2.24) is 0 Å². The zero-order chi connectivity index (χ0) is 13.2. The minimum Gasteiger partial charge on any atom is -0.258 e. The van der Waals surface area contributed by atoms with Crippen LogP contribution in [0.2, 0.25) is 0 Å². The summed E-state index contributed by atoms with van der Waals surface area (Å²) in [6, 6.07) is 3.36. The number of non-ortho nitro benzene ring substituents is 1. The molecule has 1 aromatic carbocycles. The van der Waals surface area contributed by atoms with Gasteiger partial charge in [0.25, 0.3) is 14.7 Å². The van der Waals surface area contributed by atoms with Crippen LogP contribution in [0.5, 0.6) is 0 Å². The Kier molecular flexibility index (Phi) is 3.93. The molecule has 0 amide bonds. The fourth-order valence-corrected chi connectivity index (χ4v) is 2.90. The van der Waals surface area contributed by atoms with Crippen molar-refractivity contribution in [3.05, 3.63) is 33.4 Å². The van der Waals surface area contributed by atoms with Crippen molar-refractivity contribution in [3.63, 3.8) is 0 Å². The molecule has 9 heteroatoms. The summed E-state index contributed by atoms with van der Waals surface area (Å²) >= 11 is 5.49. The summed E-state index contributed by atoms with van der Waals surface area (Å²) in [7, 11) is 0.963. The second-order valence-electron chi connectivity index (χ2n) is 2.92. The SMILES string of the molecule is N#Cc1cc([N+](=O)[O-])cc(CCl)c1S(=O)(=O)Cl. The third-order valence-corrected chi connectivity index (χ3v) is 3.59. The smallest absolute Gasteiger partial charge is 0.258 e. The normalized spacial score (nSPS) is 10.9. The molecule has 0 spiro atoms. The van der Waals surface area contributed by atoms with E-state index in [1.807, 2.05) is 0 Å². The average Bonchev–Trinajstić information content (AvgIpc) is 2.25. The van der Waals surface area contributed by atoms with Gasteiger partial charge >= 0.3 is 0 Å². The Hall–Kier alpha value is -1.36. The average molecular weight is 295 g/mol. The molecule has 1 aromatic rings. The summed E-state index contributed by atoms with van der Waals surface area (Å²) in [6.45, 7) is 0. The lowest BCUT2D eigenvalue weighted by Gasteiger charge is -2.05. The van der Waals surface area contributed by atoms with E-state index >= 15 is 0 Å². The summed E-state index contributed by atoms with van der Waals surface area (Å²) < 4.78 is 22.5. The third-order valence-electron chi connectivity index (χ3n) is 1.87. The Balaban J connectivity index is 3.73. The molecule has 0 fully saturated rings. The van der Waals surface area contributed by atoms with Gasteiger partial charge < -0.3 is 0 Å². The van der Waals surface area contributed by atoms with Gasteiger partial charge in [0.15, 0.2) is 0 Å². The topological polar surface area (TPSA) is 101 Å². The van der Waals surface area contributed by atoms with Crippen LogP contribution in [0.4, 0.5) is 5.69 Å². The van der Waals surface area contributed by atoms with Crippen molar-refractivity contribution in [2.75, 3.05) is 0 Å². The Morgan fingerprint density at radius 2 is 2.06 bits per heavy atom. The molecule has 1 rings (SSSR count). The highest BCUT2D eigenvalue weighted by atomic mass is 35.7. The fourth-order valence-electron chi connectivity index (χ4n) is 1.25. The Labute approximate surface area is 106 Å². The second kappa shape index (κ2) is 4.87. The van der Waals surface area contributed by atoms with E-state index in [1.54, 1.807) is 6.07 Å². The van der Waals surface area contributed by atoms with Gasteiger partial charge in [-0.25, -0.2) is 8.42 Å². The fraction of sp³-hybridized carbons (Fsp3) is 0.125. The molecule has 6 nitrogen and oxygen atoms in total. The largest absolute Gasteiger partial charge is 0.271 e. The molecule has 0 atom stereocenters. The number of alkyl halides is 1. The van der Waals surface area contributed by atoms with Gasteiger partial charge in [0, 0.05) is 28.7 Å². The number of nitrogens with zero attached hydrogens (tertiary/aromatic N) is 2. The van der Waals surface area contributed by atoms with Crippen molar-refractivity contribution < 1.29 is 13.3 Å². The van der Waals surface area contributed by atoms with Crippen molar-refractivity contribution in [3.8, 4) is 6.07 Å². The molecule has 17 heavy (non-hydrogen) atoms. The molecule has 0 N–H and O–H groups in total. The predicted octanol–water partition coefficient (Wildman–Crippen LogP) is 2.13. The third kappa shape index (κ3) is 2.85.